The second-order valence-electron chi connectivity index (χ2n) is 6.54. The first-order valence-corrected chi connectivity index (χ1v) is 8.37. The van der Waals surface area contributed by atoms with Crippen LogP contribution in [0.5, 0.6) is 11.5 Å². The third-order valence-electron chi connectivity index (χ3n) is 4.16. The zero-order valence-corrected chi connectivity index (χ0v) is 14.9. The van der Waals surface area contributed by atoms with E-state index in [0.717, 1.165) is 29.2 Å². The van der Waals surface area contributed by atoms with E-state index in [1.165, 1.54) is 0 Å². The highest BCUT2D eigenvalue weighted by atomic mass is 16.5. The molecule has 0 saturated carbocycles. The Morgan fingerprint density at radius 1 is 1.32 bits per heavy atom. The molecular weight excluding hydrogens is 320 g/mol. The summed E-state index contributed by atoms with van der Waals surface area (Å²) in [5.74, 6) is 2.71. The van der Waals surface area contributed by atoms with Crippen LogP contribution in [0.15, 0.2) is 34.7 Å². The molecule has 1 aromatic heterocycles. The summed E-state index contributed by atoms with van der Waals surface area (Å²) in [4.78, 5) is 14.2. The van der Waals surface area contributed by atoms with E-state index >= 15 is 0 Å². The molecule has 0 bridgehead atoms. The number of rotatable bonds is 6. The number of hydrogen-bond donors (Lipinski definition) is 1. The zero-order valence-electron chi connectivity index (χ0n) is 14.9. The van der Waals surface area contributed by atoms with Crippen LogP contribution < -0.4 is 14.8 Å². The van der Waals surface area contributed by atoms with Crippen molar-refractivity contribution >= 4 is 5.91 Å². The van der Waals surface area contributed by atoms with Gasteiger partial charge in [0.2, 0.25) is 0 Å². The molecule has 25 heavy (non-hydrogen) atoms. The molecule has 0 aliphatic carbocycles. The fraction of sp³-hybridized carbons (Fsp3) is 0.421. The Hall–Kier alpha value is -2.47. The van der Waals surface area contributed by atoms with E-state index < -0.39 is 0 Å². The number of carbonyl (C=O) groups is 1. The zero-order chi connectivity index (χ0) is 17.8. The van der Waals surface area contributed by atoms with Crippen LogP contribution >= 0.6 is 0 Å². The summed E-state index contributed by atoms with van der Waals surface area (Å²) in [5, 5.41) is 2.94. The summed E-state index contributed by atoms with van der Waals surface area (Å²) in [5.41, 5.74) is 1.11. The number of methoxy groups -OCH3 is 1. The lowest BCUT2D eigenvalue weighted by Crippen LogP contribution is -2.34. The van der Waals surface area contributed by atoms with Crippen molar-refractivity contribution in [3.05, 3.63) is 47.4 Å². The van der Waals surface area contributed by atoms with Crippen molar-refractivity contribution in [3.8, 4) is 11.5 Å². The normalized spacial score (nSPS) is 16.2. The summed E-state index contributed by atoms with van der Waals surface area (Å²) in [7, 11) is 5.55. The summed E-state index contributed by atoms with van der Waals surface area (Å²) >= 11 is 0. The molecule has 134 valence electrons. The SMILES string of the molecule is COc1cccc2c1OC[C@@H](CNC(=O)c1ccc(CN(C)C)o1)C2. The molecule has 1 amide bonds. The van der Waals surface area contributed by atoms with Crippen LogP contribution in [0.25, 0.3) is 0 Å². The minimum Gasteiger partial charge on any atom is -0.493 e. The van der Waals surface area contributed by atoms with Crippen molar-refractivity contribution < 1.29 is 18.7 Å². The van der Waals surface area contributed by atoms with Crippen molar-refractivity contribution in [2.45, 2.75) is 13.0 Å². The Morgan fingerprint density at radius 3 is 2.92 bits per heavy atom. The highest BCUT2D eigenvalue weighted by Gasteiger charge is 2.23. The first kappa shape index (κ1) is 17.4. The molecule has 2 aromatic rings. The van der Waals surface area contributed by atoms with Gasteiger partial charge in [-0.25, -0.2) is 0 Å². The Labute approximate surface area is 147 Å². The number of carbonyl (C=O) groups excluding carboxylic acids is 1. The molecule has 3 rings (SSSR count). The number of fused-ring (bicyclic) bond motifs is 1. The predicted octanol–water partition coefficient (Wildman–Crippen LogP) is 2.33. The molecular formula is C19H24N2O4. The van der Waals surface area contributed by atoms with Gasteiger partial charge >= 0.3 is 0 Å². The van der Waals surface area contributed by atoms with E-state index in [-0.39, 0.29) is 11.8 Å². The second kappa shape index (κ2) is 7.61. The van der Waals surface area contributed by atoms with Gasteiger partial charge in [0.25, 0.3) is 5.91 Å². The van der Waals surface area contributed by atoms with E-state index in [0.29, 0.717) is 25.5 Å². The number of nitrogens with one attached hydrogen (secondary N) is 1. The molecule has 0 saturated heterocycles. The third kappa shape index (κ3) is 4.14. The number of hydrogen-bond acceptors (Lipinski definition) is 5. The Morgan fingerprint density at radius 2 is 2.16 bits per heavy atom. The van der Waals surface area contributed by atoms with Gasteiger partial charge in [-0.15, -0.1) is 0 Å². The maximum Gasteiger partial charge on any atom is 0.287 e. The number of furan rings is 1. The number of amides is 1. The Balaban J connectivity index is 1.55. The number of ether oxygens (including phenoxy) is 2. The summed E-state index contributed by atoms with van der Waals surface area (Å²) in [6.45, 7) is 1.76. The largest absolute Gasteiger partial charge is 0.493 e. The first-order chi connectivity index (χ1) is 12.1. The maximum absolute atomic E-state index is 12.3. The van der Waals surface area contributed by atoms with E-state index in [1.54, 1.807) is 13.2 Å². The van der Waals surface area contributed by atoms with Gasteiger partial charge in [0.05, 0.1) is 20.3 Å². The lowest BCUT2D eigenvalue weighted by molar-refractivity contribution is 0.0907. The highest BCUT2D eigenvalue weighted by molar-refractivity contribution is 5.91. The molecule has 0 fully saturated rings. The average Bonchev–Trinajstić information content (AvgIpc) is 3.06. The number of nitrogens with zero attached hydrogens (tertiary/aromatic N) is 1. The lowest BCUT2D eigenvalue weighted by Gasteiger charge is -2.26. The molecule has 0 radical (unpaired) electrons. The lowest BCUT2D eigenvalue weighted by atomic mass is 9.96. The summed E-state index contributed by atoms with van der Waals surface area (Å²) in [6, 6.07) is 9.43. The second-order valence-corrected chi connectivity index (χ2v) is 6.54. The van der Waals surface area contributed by atoms with E-state index in [1.807, 2.05) is 43.3 Å². The minimum absolute atomic E-state index is 0.193. The summed E-state index contributed by atoms with van der Waals surface area (Å²) < 4.78 is 16.7. The molecule has 2 heterocycles. The van der Waals surface area contributed by atoms with Crippen LogP contribution in [0.2, 0.25) is 0 Å². The molecule has 6 heteroatoms. The highest BCUT2D eigenvalue weighted by Crippen LogP contribution is 2.35. The van der Waals surface area contributed by atoms with Crippen molar-refractivity contribution in [3.63, 3.8) is 0 Å². The monoisotopic (exact) mass is 344 g/mol. The van der Waals surface area contributed by atoms with Gasteiger partial charge in [-0.3, -0.25) is 4.79 Å². The van der Waals surface area contributed by atoms with Gasteiger partial charge in [-0.1, -0.05) is 12.1 Å². The topological polar surface area (TPSA) is 63.9 Å². The Kier molecular flexibility index (Phi) is 5.28. The van der Waals surface area contributed by atoms with Gasteiger partial charge in [-0.2, -0.15) is 0 Å². The maximum atomic E-state index is 12.3. The van der Waals surface area contributed by atoms with Crippen molar-refractivity contribution in [2.24, 2.45) is 5.92 Å². The smallest absolute Gasteiger partial charge is 0.287 e. The fourth-order valence-corrected chi connectivity index (χ4v) is 2.97. The molecule has 1 aromatic carbocycles. The van der Waals surface area contributed by atoms with Crippen LogP contribution in [0.4, 0.5) is 0 Å². The quantitative estimate of drug-likeness (QED) is 0.871. The van der Waals surface area contributed by atoms with Crippen LogP contribution in [-0.2, 0) is 13.0 Å². The van der Waals surface area contributed by atoms with E-state index in [4.69, 9.17) is 13.9 Å². The minimum atomic E-state index is -0.193. The first-order valence-electron chi connectivity index (χ1n) is 8.37. The van der Waals surface area contributed by atoms with E-state index in [2.05, 4.69) is 5.32 Å². The molecule has 0 spiro atoms. The van der Waals surface area contributed by atoms with Gasteiger partial charge in [0.1, 0.15) is 5.76 Å². The molecule has 1 aliphatic rings. The van der Waals surface area contributed by atoms with Crippen LogP contribution in [0.3, 0.4) is 0 Å². The molecule has 6 nitrogen and oxygen atoms in total. The van der Waals surface area contributed by atoms with Gasteiger partial charge in [0.15, 0.2) is 17.3 Å². The Bertz CT molecular complexity index is 739. The van der Waals surface area contributed by atoms with Crippen molar-refractivity contribution in [1.29, 1.82) is 0 Å². The van der Waals surface area contributed by atoms with E-state index in [9.17, 15) is 4.79 Å². The van der Waals surface area contributed by atoms with Crippen LogP contribution in [0.1, 0.15) is 21.9 Å². The number of benzene rings is 1. The fourth-order valence-electron chi connectivity index (χ4n) is 2.97. The van der Waals surface area contributed by atoms with Crippen LogP contribution in [-0.4, -0.2) is 45.2 Å². The summed E-state index contributed by atoms with van der Waals surface area (Å²) in [6.07, 6.45) is 0.844. The van der Waals surface area contributed by atoms with Crippen molar-refractivity contribution in [1.82, 2.24) is 10.2 Å². The molecule has 1 atom stereocenters. The van der Waals surface area contributed by atoms with Crippen LogP contribution in [0, 0.1) is 5.92 Å². The van der Waals surface area contributed by atoms with Gasteiger partial charge in [-0.05, 0) is 44.3 Å². The molecule has 1 N–H and O–H groups in total. The molecule has 1 aliphatic heterocycles. The van der Waals surface area contributed by atoms with Gasteiger partial charge < -0.3 is 24.1 Å². The predicted molar refractivity (Wildman–Crippen MR) is 94.1 cm³/mol. The van der Waals surface area contributed by atoms with Gasteiger partial charge in [0, 0.05) is 12.5 Å². The molecule has 0 unspecified atom stereocenters. The third-order valence-corrected chi connectivity index (χ3v) is 4.16. The standard InChI is InChI=1S/C19H24N2O4/c1-21(2)11-15-7-8-17(25-15)19(22)20-10-13-9-14-5-4-6-16(23-3)18(14)24-12-13/h4-8,13H,9-12H2,1-3H3,(H,20,22)/t13-/m1/s1. The number of para-hydroxylation sites is 1. The average molecular weight is 344 g/mol. The van der Waals surface area contributed by atoms with Crippen molar-refractivity contribution in [2.75, 3.05) is 34.4 Å².